The van der Waals surface area contributed by atoms with Gasteiger partial charge in [-0.25, -0.2) is 0 Å². The third-order valence-electron chi connectivity index (χ3n) is 2.57. The van der Waals surface area contributed by atoms with Gasteiger partial charge in [0.15, 0.2) is 0 Å². The molecule has 1 fully saturated rings. The second kappa shape index (κ2) is 6.63. The van der Waals surface area contributed by atoms with E-state index < -0.39 is 0 Å². The first-order valence-electron chi connectivity index (χ1n) is 5.56. The Morgan fingerprint density at radius 2 is 2.27 bits per heavy atom. The topological polar surface area (TPSA) is 71.1 Å². The van der Waals surface area contributed by atoms with Crippen molar-refractivity contribution in [3.8, 4) is 0 Å². The first-order chi connectivity index (χ1) is 7.27. The fraction of sp³-hybridized carbons (Fsp3) is 0.900. The largest absolute Gasteiger partial charge is 0.409 e. The van der Waals surface area contributed by atoms with E-state index in [0.29, 0.717) is 18.3 Å². The van der Waals surface area contributed by atoms with Crippen LogP contribution in [0.15, 0.2) is 5.16 Å². The molecule has 1 aliphatic rings. The number of nitrogens with two attached hydrogens (primary N) is 1. The van der Waals surface area contributed by atoms with Crippen LogP contribution >= 0.6 is 0 Å². The van der Waals surface area contributed by atoms with Crippen LogP contribution in [0.2, 0.25) is 0 Å². The molecule has 0 aromatic heterocycles. The minimum Gasteiger partial charge on any atom is -0.409 e. The first kappa shape index (κ1) is 12.3. The summed E-state index contributed by atoms with van der Waals surface area (Å²) in [7, 11) is 0. The lowest BCUT2D eigenvalue weighted by Crippen LogP contribution is -2.33. The molecule has 1 rings (SSSR count). The predicted octanol–water partition coefficient (Wildman–Crippen LogP) is 0.624. The van der Waals surface area contributed by atoms with Crippen molar-refractivity contribution in [2.24, 2.45) is 10.9 Å². The Kier molecular flexibility index (Phi) is 5.42. The zero-order chi connectivity index (χ0) is 11.1. The smallest absolute Gasteiger partial charge is 0.140 e. The third-order valence-corrected chi connectivity index (χ3v) is 2.57. The molecule has 0 spiro atoms. The molecular formula is C10H21N3O2. The highest BCUT2D eigenvalue weighted by atomic mass is 16.5. The van der Waals surface area contributed by atoms with Gasteiger partial charge in [0.25, 0.3) is 0 Å². The van der Waals surface area contributed by atoms with Gasteiger partial charge in [0.2, 0.25) is 0 Å². The highest BCUT2D eigenvalue weighted by Crippen LogP contribution is 2.26. The SMILES string of the molecule is CCOCCN(CCC(N)=NO)C1CC1. The van der Waals surface area contributed by atoms with E-state index in [0.717, 1.165) is 26.3 Å². The van der Waals surface area contributed by atoms with Gasteiger partial charge in [-0.3, -0.25) is 4.90 Å². The molecule has 5 nitrogen and oxygen atoms in total. The Hall–Kier alpha value is -0.810. The molecule has 0 aromatic carbocycles. The number of oxime groups is 1. The molecule has 0 heterocycles. The van der Waals surface area contributed by atoms with Crippen LogP contribution in [0.5, 0.6) is 0 Å². The second-order valence-electron chi connectivity index (χ2n) is 3.81. The maximum absolute atomic E-state index is 8.44. The van der Waals surface area contributed by atoms with E-state index in [1.165, 1.54) is 12.8 Å². The lowest BCUT2D eigenvalue weighted by Gasteiger charge is -2.21. The maximum Gasteiger partial charge on any atom is 0.140 e. The van der Waals surface area contributed by atoms with Crippen molar-refractivity contribution in [3.63, 3.8) is 0 Å². The van der Waals surface area contributed by atoms with Gasteiger partial charge in [0, 0.05) is 32.2 Å². The fourth-order valence-corrected chi connectivity index (χ4v) is 1.55. The van der Waals surface area contributed by atoms with Crippen LogP contribution in [0, 0.1) is 0 Å². The van der Waals surface area contributed by atoms with E-state index in [2.05, 4.69) is 10.1 Å². The Balaban J connectivity index is 2.18. The van der Waals surface area contributed by atoms with Gasteiger partial charge in [-0.15, -0.1) is 0 Å². The number of amidine groups is 1. The standard InChI is InChI=1S/C10H21N3O2/c1-2-15-8-7-13(9-3-4-9)6-5-10(11)12-14/h9,14H,2-8H2,1H3,(H2,11,12). The van der Waals surface area contributed by atoms with Crippen molar-refractivity contribution >= 4 is 5.84 Å². The molecule has 3 N–H and O–H groups in total. The highest BCUT2D eigenvalue weighted by Gasteiger charge is 2.28. The summed E-state index contributed by atoms with van der Waals surface area (Å²) in [5, 5.41) is 11.4. The normalized spacial score (nSPS) is 17.3. The van der Waals surface area contributed by atoms with E-state index in [-0.39, 0.29) is 0 Å². The zero-order valence-corrected chi connectivity index (χ0v) is 9.35. The molecule has 15 heavy (non-hydrogen) atoms. The minimum absolute atomic E-state index is 0.303. The van der Waals surface area contributed by atoms with Crippen LogP contribution in [-0.2, 0) is 4.74 Å². The summed E-state index contributed by atoms with van der Waals surface area (Å²) in [5.41, 5.74) is 5.44. The van der Waals surface area contributed by atoms with Crippen molar-refractivity contribution in [3.05, 3.63) is 0 Å². The molecule has 0 aromatic rings. The summed E-state index contributed by atoms with van der Waals surface area (Å²) in [4.78, 5) is 2.35. The zero-order valence-electron chi connectivity index (χ0n) is 9.35. The third kappa shape index (κ3) is 4.99. The summed E-state index contributed by atoms with van der Waals surface area (Å²) in [6.07, 6.45) is 3.16. The van der Waals surface area contributed by atoms with Crippen molar-refractivity contribution < 1.29 is 9.94 Å². The minimum atomic E-state index is 0.303. The van der Waals surface area contributed by atoms with Crippen LogP contribution in [0.1, 0.15) is 26.2 Å². The van der Waals surface area contributed by atoms with Gasteiger partial charge >= 0.3 is 0 Å². The molecular weight excluding hydrogens is 194 g/mol. The van der Waals surface area contributed by atoms with E-state index in [9.17, 15) is 0 Å². The molecule has 0 aliphatic heterocycles. The fourth-order valence-electron chi connectivity index (χ4n) is 1.55. The van der Waals surface area contributed by atoms with Gasteiger partial charge in [0.1, 0.15) is 5.84 Å². The number of rotatable bonds is 8. The Morgan fingerprint density at radius 3 is 2.80 bits per heavy atom. The molecule has 0 atom stereocenters. The number of hydrogen-bond acceptors (Lipinski definition) is 4. The van der Waals surface area contributed by atoms with Crippen LogP contribution < -0.4 is 5.73 Å². The van der Waals surface area contributed by atoms with Crippen molar-refractivity contribution in [1.29, 1.82) is 0 Å². The van der Waals surface area contributed by atoms with Crippen molar-refractivity contribution in [2.45, 2.75) is 32.2 Å². The molecule has 1 saturated carbocycles. The van der Waals surface area contributed by atoms with E-state index >= 15 is 0 Å². The molecule has 0 bridgehead atoms. The van der Waals surface area contributed by atoms with E-state index in [1.54, 1.807) is 0 Å². The van der Waals surface area contributed by atoms with Crippen LogP contribution in [0.4, 0.5) is 0 Å². The summed E-state index contributed by atoms with van der Waals surface area (Å²) < 4.78 is 5.32. The Labute approximate surface area is 90.9 Å². The molecule has 1 aliphatic carbocycles. The van der Waals surface area contributed by atoms with Gasteiger partial charge in [-0.2, -0.15) is 0 Å². The van der Waals surface area contributed by atoms with Crippen LogP contribution in [-0.4, -0.2) is 48.3 Å². The van der Waals surface area contributed by atoms with Gasteiger partial charge in [-0.1, -0.05) is 5.16 Å². The quantitative estimate of drug-likeness (QED) is 0.205. The van der Waals surface area contributed by atoms with E-state index in [4.69, 9.17) is 15.7 Å². The number of hydrogen-bond donors (Lipinski definition) is 2. The summed E-state index contributed by atoms with van der Waals surface area (Å²) in [6.45, 7) is 5.32. The summed E-state index contributed by atoms with van der Waals surface area (Å²) in [6, 6.07) is 0.692. The van der Waals surface area contributed by atoms with Gasteiger partial charge in [0.05, 0.1) is 6.61 Å². The molecule has 0 radical (unpaired) electrons. The first-order valence-corrected chi connectivity index (χ1v) is 5.56. The average Bonchev–Trinajstić information content (AvgIpc) is 3.06. The lowest BCUT2D eigenvalue weighted by molar-refractivity contribution is 0.111. The molecule has 0 saturated heterocycles. The predicted molar refractivity (Wildman–Crippen MR) is 59.1 cm³/mol. The molecule has 5 heteroatoms. The van der Waals surface area contributed by atoms with Crippen LogP contribution in [0.25, 0.3) is 0 Å². The number of nitrogens with zero attached hydrogens (tertiary/aromatic N) is 2. The molecule has 0 amide bonds. The molecule has 0 unspecified atom stereocenters. The van der Waals surface area contributed by atoms with Gasteiger partial charge < -0.3 is 15.7 Å². The lowest BCUT2D eigenvalue weighted by atomic mass is 10.3. The average molecular weight is 215 g/mol. The highest BCUT2D eigenvalue weighted by molar-refractivity contribution is 5.79. The summed E-state index contributed by atoms with van der Waals surface area (Å²) >= 11 is 0. The Morgan fingerprint density at radius 1 is 1.53 bits per heavy atom. The Bertz CT molecular complexity index is 205. The monoisotopic (exact) mass is 215 g/mol. The van der Waals surface area contributed by atoms with E-state index in [1.807, 2.05) is 6.92 Å². The second-order valence-corrected chi connectivity index (χ2v) is 3.81. The summed E-state index contributed by atoms with van der Waals surface area (Å²) in [5.74, 6) is 0.303. The maximum atomic E-state index is 8.44. The van der Waals surface area contributed by atoms with Crippen molar-refractivity contribution in [2.75, 3.05) is 26.3 Å². The van der Waals surface area contributed by atoms with Gasteiger partial charge in [-0.05, 0) is 19.8 Å². The number of ether oxygens (including phenoxy) is 1. The van der Waals surface area contributed by atoms with Crippen LogP contribution in [0.3, 0.4) is 0 Å². The molecule has 88 valence electrons. The van der Waals surface area contributed by atoms with Crippen molar-refractivity contribution in [1.82, 2.24) is 4.90 Å².